The Hall–Kier alpha value is -4.02. The highest BCUT2D eigenvalue weighted by atomic mass is 16.2. The topological polar surface area (TPSA) is 146 Å². The monoisotopic (exact) mass is 432 g/mol. The van der Waals surface area contributed by atoms with Gasteiger partial charge >= 0.3 is 0 Å². The van der Waals surface area contributed by atoms with Crippen LogP contribution in [0.1, 0.15) is 32.1 Å². The van der Waals surface area contributed by atoms with Gasteiger partial charge in [-0.15, -0.1) is 0 Å². The van der Waals surface area contributed by atoms with Gasteiger partial charge in [0, 0.05) is 24.0 Å². The van der Waals surface area contributed by atoms with Crippen molar-refractivity contribution in [1.82, 2.24) is 19.3 Å². The first-order valence-corrected chi connectivity index (χ1v) is 10.2. The third-order valence-electron chi connectivity index (χ3n) is 5.04. The SMILES string of the molecule is NCCc1cncn1NC(=O)c1ccc2cc(C(=O)Nn3cncc3CCN)ccc2c1. The molecule has 10 heteroatoms. The molecule has 0 spiro atoms. The van der Waals surface area contributed by atoms with Gasteiger partial charge in [-0.2, -0.15) is 0 Å². The first-order valence-electron chi connectivity index (χ1n) is 10.2. The van der Waals surface area contributed by atoms with E-state index in [1.165, 1.54) is 12.7 Å². The number of nitrogens with two attached hydrogens (primary N) is 2. The maximum Gasteiger partial charge on any atom is 0.270 e. The van der Waals surface area contributed by atoms with Crippen LogP contribution in [0.3, 0.4) is 0 Å². The van der Waals surface area contributed by atoms with Crippen LogP contribution in [-0.2, 0) is 12.8 Å². The second-order valence-electron chi connectivity index (χ2n) is 7.25. The molecule has 2 aromatic heterocycles. The van der Waals surface area contributed by atoms with Crippen LogP contribution in [-0.4, -0.2) is 44.2 Å². The number of nitrogens with zero attached hydrogens (tertiary/aromatic N) is 4. The molecule has 0 saturated heterocycles. The summed E-state index contributed by atoms with van der Waals surface area (Å²) in [7, 11) is 0. The molecule has 32 heavy (non-hydrogen) atoms. The van der Waals surface area contributed by atoms with Crippen LogP contribution in [0, 0.1) is 0 Å². The van der Waals surface area contributed by atoms with E-state index in [9.17, 15) is 9.59 Å². The summed E-state index contributed by atoms with van der Waals surface area (Å²) in [5, 5.41) is 1.68. The van der Waals surface area contributed by atoms with E-state index in [0.29, 0.717) is 37.1 Å². The maximum absolute atomic E-state index is 12.7. The molecule has 0 saturated carbocycles. The second-order valence-corrected chi connectivity index (χ2v) is 7.25. The van der Waals surface area contributed by atoms with Crippen LogP contribution >= 0.6 is 0 Å². The Balaban J connectivity index is 1.50. The fourth-order valence-electron chi connectivity index (χ4n) is 3.39. The van der Waals surface area contributed by atoms with Crippen molar-refractivity contribution in [3.05, 3.63) is 84.0 Å². The number of hydrogen-bond donors (Lipinski definition) is 4. The maximum atomic E-state index is 12.7. The lowest BCUT2D eigenvalue weighted by atomic mass is 10.0. The fraction of sp³-hybridized carbons (Fsp3) is 0.182. The third kappa shape index (κ3) is 4.51. The van der Waals surface area contributed by atoms with Crippen molar-refractivity contribution >= 4 is 22.6 Å². The summed E-state index contributed by atoms with van der Waals surface area (Å²) in [6, 6.07) is 10.6. The molecule has 10 nitrogen and oxygen atoms in total. The summed E-state index contributed by atoms with van der Waals surface area (Å²) in [5.41, 5.74) is 19.4. The number of imidazole rings is 2. The molecule has 4 rings (SSSR count). The van der Waals surface area contributed by atoms with E-state index in [0.717, 1.165) is 22.2 Å². The number of carbonyl (C=O) groups is 2. The molecule has 0 radical (unpaired) electrons. The molecule has 0 fully saturated rings. The lowest BCUT2D eigenvalue weighted by Crippen LogP contribution is -2.25. The lowest BCUT2D eigenvalue weighted by Gasteiger charge is -2.11. The zero-order valence-corrected chi connectivity index (χ0v) is 17.4. The van der Waals surface area contributed by atoms with Gasteiger partial charge in [0.25, 0.3) is 11.8 Å². The summed E-state index contributed by atoms with van der Waals surface area (Å²) >= 11 is 0. The summed E-state index contributed by atoms with van der Waals surface area (Å²) in [6.45, 7) is 0.922. The molecule has 6 N–H and O–H groups in total. The number of hydrogen-bond acceptors (Lipinski definition) is 6. The minimum absolute atomic E-state index is 0.266. The van der Waals surface area contributed by atoms with E-state index in [1.54, 1.807) is 46.0 Å². The van der Waals surface area contributed by atoms with E-state index in [2.05, 4.69) is 20.8 Å². The predicted octanol–water partition coefficient (Wildman–Crippen LogP) is 1.00. The second kappa shape index (κ2) is 9.41. The van der Waals surface area contributed by atoms with Crippen molar-refractivity contribution in [3.8, 4) is 0 Å². The molecule has 4 aromatic rings. The van der Waals surface area contributed by atoms with Crippen molar-refractivity contribution in [2.24, 2.45) is 11.5 Å². The van der Waals surface area contributed by atoms with Crippen LogP contribution in [0.15, 0.2) is 61.4 Å². The number of fused-ring (bicyclic) bond motifs is 1. The molecule has 2 amide bonds. The molecule has 0 bridgehead atoms. The van der Waals surface area contributed by atoms with E-state index in [4.69, 9.17) is 11.5 Å². The number of rotatable bonds is 8. The van der Waals surface area contributed by atoms with E-state index >= 15 is 0 Å². The Labute approximate surface area is 184 Å². The zero-order chi connectivity index (χ0) is 22.5. The van der Waals surface area contributed by atoms with Gasteiger partial charge in [0.15, 0.2) is 0 Å². The summed E-state index contributed by atoms with van der Waals surface area (Å²) < 4.78 is 3.14. The van der Waals surface area contributed by atoms with Crippen LogP contribution in [0.4, 0.5) is 0 Å². The molecular formula is C22H24N8O2. The van der Waals surface area contributed by atoms with Gasteiger partial charge in [0.2, 0.25) is 0 Å². The van der Waals surface area contributed by atoms with Gasteiger partial charge in [-0.25, -0.2) is 19.3 Å². The zero-order valence-electron chi connectivity index (χ0n) is 17.4. The molecule has 0 unspecified atom stereocenters. The highest BCUT2D eigenvalue weighted by Crippen LogP contribution is 2.19. The fourth-order valence-corrected chi connectivity index (χ4v) is 3.39. The first kappa shape index (κ1) is 21.2. The Kier molecular flexibility index (Phi) is 6.24. The lowest BCUT2D eigenvalue weighted by molar-refractivity contribution is 0.0999. The van der Waals surface area contributed by atoms with Crippen molar-refractivity contribution in [2.75, 3.05) is 23.9 Å². The first-order chi connectivity index (χ1) is 15.6. The number of amides is 2. The molecule has 2 heterocycles. The van der Waals surface area contributed by atoms with Gasteiger partial charge in [-0.05, 0) is 48.1 Å². The minimum Gasteiger partial charge on any atom is -0.330 e. The van der Waals surface area contributed by atoms with E-state index < -0.39 is 0 Å². The van der Waals surface area contributed by atoms with Gasteiger partial charge < -0.3 is 11.5 Å². The number of nitrogens with one attached hydrogen (secondary N) is 2. The molecule has 0 atom stereocenters. The number of benzene rings is 2. The number of aromatic nitrogens is 4. The third-order valence-corrected chi connectivity index (χ3v) is 5.04. The summed E-state index contributed by atoms with van der Waals surface area (Å²) in [6.07, 6.45) is 7.62. The normalized spacial score (nSPS) is 10.9. The Bertz CT molecular complexity index is 1160. The number of carbonyl (C=O) groups excluding carboxylic acids is 2. The quantitative estimate of drug-likeness (QED) is 0.327. The van der Waals surface area contributed by atoms with Gasteiger partial charge in [-0.1, -0.05) is 12.1 Å². The minimum atomic E-state index is -0.266. The van der Waals surface area contributed by atoms with Gasteiger partial charge in [0.1, 0.15) is 12.7 Å². The summed E-state index contributed by atoms with van der Waals surface area (Å²) in [4.78, 5) is 33.5. The van der Waals surface area contributed by atoms with Crippen LogP contribution in [0.25, 0.3) is 10.8 Å². The van der Waals surface area contributed by atoms with E-state index in [1.807, 2.05) is 12.1 Å². The van der Waals surface area contributed by atoms with Crippen molar-refractivity contribution in [1.29, 1.82) is 0 Å². The molecule has 0 aliphatic carbocycles. The summed E-state index contributed by atoms with van der Waals surface area (Å²) in [5.74, 6) is -0.532. The molecule has 2 aromatic carbocycles. The Morgan fingerprint density at radius 2 is 1.19 bits per heavy atom. The molecular weight excluding hydrogens is 408 g/mol. The molecule has 0 aliphatic rings. The smallest absolute Gasteiger partial charge is 0.270 e. The van der Waals surface area contributed by atoms with Crippen molar-refractivity contribution in [3.63, 3.8) is 0 Å². The van der Waals surface area contributed by atoms with Crippen molar-refractivity contribution < 1.29 is 9.59 Å². The van der Waals surface area contributed by atoms with Crippen LogP contribution < -0.4 is 22.3 Å². The Morgan fingerprint density at radius 1 is 0.750 bits per heavy atom. The Morgan fingerprint density at radius 3 is 1.59 bits per heavy atom. The van der Waals surface area contributed by atoms with E-state index in [-0.39, 0.29) is 11.8 Å². The van der Waals surface area contributed by atoms with Crippen molar-refractivity contribution in [2.45, 2.75) is 12.8 Å². The highest BCUT2D eigenvalue weighted by Gasteiger charge is 2.12. The average Bonchev–Trinajstić information content (AvgIpc) is 3.43. The van der Waals surface area contributed by atoms with Gasteiger partial charge in [0.05, 0.1) is 23.8 Å². The molecule has 0 aliphatic heterocycles. The van der Waals surface area contributed by atoms with Crippen LogP contribution in [0.5, 0.6) is 0 Å². The van der Waals surface area contributed by atoms with Crippen LogP contribution in [0.2, 0.25) is 0 Å². The average molecular weight is 432 g/mol. The standard InChI is InChI=1S/C22H24N8O2/c23-7-5-19-11-25-13-29(19)27-21(31)17-3-1-15-9-18(4-2-16(15)10-17)22(32)28-30-14-26-12-20(30)6-8-24/h1-4,9-14H,5-8,23-24H2,(H,27,31)(H,28,32). The highest BCUT2D eigenvalue weighted by molar-refractivity contribution is 6.05. The molecule has 164 valence electrons. The van der Waals surface area contributed by atoms with Gasteiger partial charge in [-0.3, -0.25) is 20.4 Å². The largest absolute Gasteiger partial charge is 0.330 e. The predicted molar refractivity (Wildman–Crippen MR) is 121 cm³/mol.